The van der Waals surface area contributed by atoms with Crippen molar-refractivity contribution in [1.82, 2.24) is 15.0 Å². The van der Waals surface area contributed by atoms with Gasteiger partial charge in [0.25, 0.3) is 5.91 Å². The fourth-order valence-electron chi connectivity index (χ4n) is 3.36. The van der Waals surface area contributed by atoms with Crippen LogP contribution in [0.5, 0.6) is 17.2 Å². The van der Waals surface area contributed by atoms with Gasteiger partial charge in [-0.25, -0.2) is 9.07 Å². The Balaban J connectivity index is 1.50. The van der Waals surface area contributed by atoms with Crippen molar-refractivity contribution in [3.8, 4) is 17.2 Å². The monoisotopic (exact) mass is 436 g/mol. The number of anilines is 1. The maximum Gasteiger partial charge on any atom is 0.255 e. The predicted molar refractivity (Wildman–Crippen MR) is 117 cm³/mol. The summed E-state index contributed by atoms with van der Waals surface area (Å²) in [7, 11) is 4.48. The van der Waals surface area contributed by atoms with Gasteiger partial charge in [0.05, 0.1) is 33.4 Å². The summed E-state index contributed by atoms with van der Waals surface area (Å²) in [6.07, 6.45) is 0. The van der Waals surface area contributed by atoms with Gasteiger partial charge < -0.3 is 19.5 Å². The molecule has 9 heteroatoms. The van der Waals surface area contributed by atoms with E-state index >= 15 is 0 Å². The normalized spacial score (nSPS) is 10.8. The summed E-state index contributed by atoms with van der Waals surface area (Å²) in [6, 6.07) is 15.2. The molecule has 1 aromatic heterocycles. The Morgan fingerprint density at radius 2 is 1.69 bits per heavy atom. The second-order valence-corrected chi connectivity index (χ2v) is 6.92. The topological polar surface area (TPSA) is 87.5 Å². The van der Waals surface area contributed by atoms with E-state index in [0.717, 1.165) is 5.56 Å². The zero-order valence-electron chi connectivity index (χ0n) is 17.8. The minimum atomic E-state index is -0.404. The number of fused-ring (bicyclic) bond motifs is 1. The maximum absolute atomic E-state index is 13.8. The first-order chi connectivity index (χ1) is 15.5. The van der Waals surface area contributed by atoms with Gasteiger partial charge in [-0.05, 0) is 42.0 Å². The number of ether oxygens (including phenoxy) is 3. The van der Waals surface area contributed by atoms with E-state index in [1.807, 2.05) is 12.1 Å². The first-order valence-corrected chi connectivity index (χ1v) is 9.72. The van der Waals surface area contributed by atoms with Gasteiger partial charge in [0.1, 0.15) is 5.52 Å². The van der Waals surface area contributed by atoms with Crippen molar-refractivity contribution in [3.63, 3.8) is 0 Å². The molecule has 0 saturated heterocycles. The highest BCUT2D eigenvalue weighted by Crippen LogP contribution is 2.38. The van der Waals surface area contributed by atoms with Crippen molar-refractivity contribution in [2.75, 3.05) is 26.6 Å². The Hall–Kier alpha value is -4.14. The molecule has 0 atom stereocenters. The summed E-state index contributed by atoms with van der Waals surface area (Å²) in [4.78, 5) is 12.7. The minimum absolute atomic E-state index is 0.238. The van der Waals surface area contributed by atoms with Crippen molar-refractivity contribution in [2.45, 2.75) is 6.54 Å². The molecule has 4 rings (SSSR count). The van der Waals surface area contributed by atoms with Crippen LogP contribution >= 0.6 is 0 Å². The molecule has 0 radical (unpaired) electrons. The van der Waals surface area contributed by atoms with Gasteiger partial charge in [-0.15, -0.1) is 5.10 Å². The molecular weight excluding hydrogens is 415 g/mol. The fourth-order valence-corrected chi connectivity index (χ4v) is 3.36. The molecule has 0 aliphatic rings. The third kappa shape index (κ3) is 4.04. The van der Waals surface area contributed by atoms with E-state index in [2.05, 4.69) is 15.6 Å². The number of amides is 1. The summed E-state index contributed by atoms with van der Waals surface area (Å²) in [6.45, 7) is 0.418. The van der Waals surface area contributed by atoms with Crippen LogP contribution in [-0.4, -0.2) is 42.2 Å². The summed E-state index contributed by atoms with van der Waals surface area (Å²) in [5, 5.41) is 10.8. The van der Waals surface area contributed by atoms with Gasteiger partial charge >= 0.3 is 0 Å². The van der Waals surface area contributed by atoms with E-state index in [-0.39, 0.29) is 11.4 Å². The number of halogens is 1. The molecule has 32 heavy (non-hydrogen) atoms. The number of nitrogens with zero attached hydrogens (tertiary/aromatic N) is 3. The number of carbonyl (C=O) groups excluding carboxylic acids is 1. The summed E-state index contributed by atoms with van der Waals surface area (Å²) in [5.74, 6) is 0.470. The maximum atomic E-state index is 13.8. The van der Waals surface area contributed by atoms with Crippen LogP contribution in [0.15, 0.2) is 54.6 Å². The minimum Gasteiger partial charge on any atom is -0.493 e. The van der Waals surface area contributed by atoms with E-state index < -0.39 is 5.82 Å². The molecule has 0 aliphatic heterocycles. The van der Waals surface area contributed by atoms with Crippen molar-refractivity contribution in [1.29, 1.82) is 0 Å². The molecule has 8 nitrogen and oxygen atoms in total. The average Bonchev–Trinajstić information content (AvgIpc) is 3.23. The lowest BCUT2D eigenvalue weighted by molar-refractivity contribution is 0.102. The Morgan fingerprint density at radius 3 is 2.31 bits per heavy atom. The second kappa shape index (κ2) is 8.93. The number of rotatable bonds is 7. The Kier molecular flexibility index (Phi) is 5.89. The smallest absolute Gasteiger partial charge is 0.255 e. The van der Waals surface area contributed by atoms with Crippen LogP contribution in [0.25, 0.3) is 11.0 Å². The van der Waals surface area contributed by atoms with Gasteiger partial charge in [0, 0.05) is 11.3 Å². The Bertz CT molecular complexity index is 1250. The van der Waals surface area contributed by atoms with Crippen LogP contribution in [0.1, 0.15) is 15.9 Å². The van der Waals surface area contributed by atoms with Crippen molar-refractivity contribution in [3.05, 3.63) is 71.5 Å². The van der Waals surface area contributed by atoms with E-state index in [1.54, 1.807) is 41.1 Å². The van der Waals surface area contributed by atoms with Crippen LogP contribution in [0.4, 0.5) is 10.1 Å². The van der Waals surface area contributed by atoms with Crippen molar-refractivity contribution < 1.29 is 23.4 Å². The standard InChI is InChI=1S/C23H21FN4O4/c1-30-19-11-15(12-20(31-2)22(19)32-3)23(29)25-16-9-7-14(8-10-16)13-28-18-6-4-5-17(24)21(18)26-27-28/h4-12H,13H2,1-3H3,(H,25,29). The van der Waals surface area contributed by atoms with E-state index in [4.69, 9.17) is 14.2 Å². The number of aromatic nitrogens is 3. The molecule has 164 valence electrons. The Morgan fingerprint density at radius 1 is 1.00 bits per heavy atom. The third-order valence-corrected chi connectivity index (χ3v) is 4.97. The molecule has 0 aliphatic carbocycles. The van der Waals surface area contributed by atoms with Crippen LogP contribution in [0.2, 0.25) is 0 Å². The number of methoxy groups -OCH3 is 3. The lowest BCUT2D eigenvalue weighted by atomic mass is 10.1. The van der Waals surface area contributed by atoms with Gasteiger partial charge in [-0.1, -0.05) is 23.4 Å². The number of hydrogen-bond acceptors (Lipinski definition) is 6. The van der Waals surface area contributed by atoms with Crippen LogP contribution in [0.3, 0.4) is 0 Å². The average molecular weight is 436 g/mol. The Labute approximate surface area is 183 Å². The molecular formula is C23H21FN4O4. The fraction of sp³-hybridized carbons (Fsp3) is 0.174. The van der Waals surface area contributed by atoms with Gasteiger partial charge in [0.15, 0.2) is 17.3 Å². The van der Waals surface area contributed by atoms with Crippen LogP contribution < -0.4 is 19.5 Å². The molecule has 0 unspecified atom stereocenters. The first-order valence-electron chi connectivity index (χ1n) is 9.72. The molecule has 0 bridgehead atoms. The molecule has 1 heterocycles. The zero-order valence-corrected chi connectivity index (χ0v) is 17.8. The van der Waals surface area contributed by atoms with Gasteiger partial charge in [-0.3, -0.25) is 4.79 Å². The van der Waals surface area contributed by atoms with E-state index in [1.165, 1.54) is 27.4 Å². The zero-order chi connectivity index (χ0) is 22.7. The summed E-state index contributed by atoms with van der Waals surface area (Å²) in [5.41, 5.74) is 2.75. The lowest BCUT2D eigenvalue weighted by Crippen LogP contribution is -2.12. The third-order valence-electron chi connectivity index (χ3n) is 4.97. The highest BCUT2D eigenvalue weighted by atomic mass is 19.1. The SMILES string of the molecule is COc1cc(C(=O)Nc2ccc(Cn3nnc4c(F)cccc43)cc2)cc(OC)c1OC. The highest BCUT2D eigenvalue weighted by Gasteiger charge is 2.17. The first kappa shape index (κ1) is 21.1. The second-order valence-electron chi connectivity index (χ2n) is 6.92. The van der Waals surface area contributed by atoms with Crippen LogP contribution in [-0.2, 0) is 6.54 Å². The van der Waals surface area contributed by atoms with E-state index in [0.29, 0.717) is 40.6 Å². The molecule has 3 aromatic carbocycles. The quantitative estimate of drug-likeness (QED) is 0.473. The predicted octanol–water partition coefficient (Wildman–Crippen LogP) is 3.90. The highest BCUT2D eigenvalue weighted by molar-refractivity contribution is 6.05. The molecule has 0 saturated carbocycles. The van der Waals surface area contributed by atoms with Crippen LogP contribution in [0, 0.1) is 5.82 Å². The molecule has 1 N–H and O–H groups in total. The largest absolute Gasteiger partial charge is 0.493 e. The number of carbonyl (C=O) groups is 1. The number of hydrogen-bond donors (Lipinski definition) is 1. The summed E-state index contributed by atoms with van der Waals surface area (Å²) >= 11 is 0. The molecule has 0 fully saturated rings. The number of nitrogens with one attached hydrogen (secondary N) is 1. The van der Waals surface area contributed by atoms with Gasteiger partial charge in [-0.2, -0.15) is 0 Å². The molecule has 1 amide bonds. The molecule has 4 aromatic rings. The number of benzene rings is 3. The lowest BCUT2D eigenvalue weighted by Gasteiger charge is -2.14. The van der Waals surface area contributed by atoms with Crippen molar-refractivity contribution in [2.24, 2.45) is 0 Å². The van der Waals surface area contributed by atoms with E-state index in [9.17, 15) is 9.18 Å². The summed E-state index contributed by atoms with van der Waals surface area (Å²) < 4.78 is 31.3. The van der Waals surface area contributed by atoms with Crippen molar-refractivity contribution >= 4 is 22.6 Å². The molecule has 0 spiro atoms. The van der Waals surface area contributed by atoms with Gasteiger partial charge in [0.2, 0.25) is 5.75 Å².